The Kier molecular flexibility index (Phi) is 9.49. The number of halogens is 1. The molecule has 82 valence electrons. The van der Waals surface area contributed by atoms with E-state index < -0.39 is 0 Å². The summed E-state index contributed by atoms with van der Waals surface area (Å²) in [7, 11) is 0. The predicted octanol–water partition coefficient (Wildman–Crippen LogP) is 5.24. The van der Waals surface area contributed by atoms with E-state index in [1.165, 1.54) is 37.7 Å². The summed E-state index contributed by atoms with van der Waals surface area (Å²) >= 11 is 3.45. The summed E-state index contributed by atoms with van der Waals surface area (Å²) in [5.41, 5.74) is 3.12. The van der Waals surface area contributed by atoms with Gasteiger partial charge in [0.15, 0.2) is 0 Å². The third-order valence-electron chi connectivity index (χ3n) is 2.51. The van der Waals surface area contributed by atoms with Gasteiger partial charge >= 0.3 is 0 Å². The zero-order chi connectivity index (χ0) is 10.8. The molecular formula is C13H23Br. The first kappa shape index (κ1) is 14.0. The zero-order valence-electron chi connectivity index (χ0n) is 9.78. The molecule has 0 saturated heterocycles. The normalized spacial score (nSPS) is 13.4. The third kappa shape index (κ3) is 7.37. The summed E-state index contributed by atoms with van der Waals surface area (Å²) < 4.78 is 0. The molecule has 0 atom stereocenters. The minimum Gasteiger partial charge on any atom is -0.0925 e. The first-order valence-electron chi connectivity index (χ1n) is 5.64. The van der Waals surface area contributed by atoms with Crippen molar-refractivity contribution in [1.29, 1.82) is 0 Å². The SMILES string of the molecule is CCC(C)=CCCC(=CCCBr)CC. The molecule has 0 fully saturated rings. The fourth-order valence-electron chi connectivity index (χ4n) is 1.33. The summed E-state index contributed by atoms with van der Waals surface area (Å²) in [5.74, 6) is 0. The molecular weight excluding hydrogens is 236 g/mol. The molecule has 0 spiro atoms. The third-order valence-corrected chi connectivity index (χ3v) is 2.97. The Balaban J connectivity index is 3.84. The first-order chi connectivity index (χ1) is 6.74. The quantitative estimate of drug-likeness (QED) is 0.433. The molecule has 0 unspecified atom stereocenters. The van der Waals surface area contributed by atoms with Gasteiger partial charge < -0.3 is 0 Å². The zero-order valence-corrected chi connectivity index (χ0v) is 11.4. The Hall–Kier alpha value is -0.0400. The molecule has 0 amide bonds. The highest BCUT2D eigenvalue weighted by atomic mass is 79.9. The largest absolute Gasteiger partial charge is 0.0925 e. The summed E-state index contributed by atoms with van der Waals surface area (Å²) in [6.07, 6.45) is 10.8. The van der Waals surface area contributed by atoms with Crippen LogP contribution in [0.1, 0.15) is 52.9 Å². The maximum absolute atomic E-state index is 3.45. The van der Waals surface area contributed by atoms with Gasteiger partial charge in [-0.3, -0.25) is 0 Å². The van der Waals surface area contributed by atoms with E-state index in [1.807, 2.05) is 0 Å². The van der Waals surface area contributed by atoms with Crippen LogP contribution in [0.15, 0.2) is 23.3 Å². The Morgan fingerprint density at radius 2 is 1.79 bits per heavy atom. The van der Waals surface area contributed by atoms with Crippen molar-refractivity contribution in [2.75, 3.05) is 5.33 Å². The van der Waals surface area contributed by atoms with E-state index in [4.69, 9.17) is 0 Å². The Morgan fingerprint density at radius 1 is 1.07 bits per heavy atom. The van der Waals surface area contributed by atoms with Gasteiger partial charge in [-0.25, -0.2) is 0 Å². The second kappa shape index (κ2) is 9.51. The Labute approximate surface area is 97.6 Å². The van der Waals surface area contributed by atoms with Crippen LogP contribution in [0.25, 0.3) is 0 Å². The highest BCUT2D eigenvalue weighted by Crippen LogP contribution is 2.13. The van der Waals surface area contributed by atoms with Gasteiger partial charge in [0.05, 0.1) is 0 Å². The topological polar surface area (TPSA) is 0 Å². The van der Waals surface area contributed by atoms with Crippen molar-refractivity contribution in [3.8, 4) is 0 Å². The summed E-state index contributed by atoms with van der Waals surface area (Å²) in [6.45, 7) is 6.68. The van der Waals surface area contributed by atoms with Gasteiger partial charge in [-0.1, -0.05) is 53.1 Å². The number of rotatable bonds is 7. The lowest BCUT2D eigenvalue weighted by Gasteiger charge is -2.02. The lowest BCUT2D eigenvalue weighted by Crippen LogP contribution is -1.83. The minimum atomic E-state index is 1.08. The molecule has 0 aliphatic carbocycles. The van der Waals surface area contributed by atoms with Gasteiger partial charge in [0, 0.05) is 5.33 Å². The van der Waals surface area contributed by atoms with E-state index in [2.05, 4.69) is 48.9 Å². The van der Waals surface area contributed by atoms with E-state index in [1.54, 1.807) is 5.57 Å². The molecule has 0 heterocycles. The van der Waals surface area contributed by atoms with E-state index >= 15 is 0 Å². The van der Waals surface area contributed by atoms with Crippen molar-refractivity contribution >= 4 is 15.9 Å². The van der Waals surface area contributed by atoms with Crippen LogP contribution in [0.3, 0.4) is 0 Å². The van der Waals surface area contributed by atoms with Crippen LogP contribution < -0.4 is 0 Å². The molecule has 0 aromatic rings. The van der Waals surface area contributed by atoms with Crippen LogP contribution in [0.2, 0.25) is 0 Å². The van der Waals surface area contributed by atoms with Gasteiger partial charge in [0.2, 0.25) is 0 Å². The van der Waals surface area contributed by atoms with E-state index in [0.29, 0.717) is 0 Å². The summed E-state index contributed by atoms with van der Waals surface area (Å²) in [6, 6.07) is 0. The number of hydrogen-bond donors (Lipinski definition) is 0. The number of alkyl halides is 1. The Bertz CT molecular complexity index is 189. The molecule has 0 saturated carbocycles. The molecule has 0 N–H and O–H groups in total. The molecule has 0 aliphatic heterocycles. The molecule has 0 aromatic carbocycles. The standard InChI is InChI=1S/C13H23Br/c1-4-12(3)8-6-9-13(5-2)10-7-11-14/h8,10H,4-7,9,11H2,1-3H3. The van der Waals surface area contributed by atoms with Gasteiger partial charge in [-0.15, -0.1) is 0 Å². The van der Waals surface area contributed by atoms with Crippen LogP contribution in [-0.2, 0) is 0 Å². The Morgan fingerprint density at radius 3 is 2.29 bits per heavy atom. The van der Waals surface area contributed by atoms with Crippen molar-refractivity contribution in [2.45, 2.75) is 52.9 Å². The van der Waals surface area contributed by atoms with E-state index in [9.17, 15) is 0 Å². The van der Waals surface area contributed by atoms with Crippen LogP contribution in [-0.4, -0.2) is 5.33 Å². The van der Waals surface area contributed by atoms with E-state index in [-0.39, 0.29) is 0 Å². The molecule has 0 radical (unpaired) electrons. The smallest absolute Gasteiger partial charge is 0.00660 e. The van der Waals surface area contributed by atoms with Crippen LogP contribution in [0, 0.1) is 0 Å². The fourth-order valence-corrected chi connectivity index (χ4v) is 1.56. The average Bonchev–Trinajstić information content (AvgIpc) is 2.22. The fraction of sp³-hybridized carbons (Fsp3) is 0.692. The molecule has 14 heavy (non-hydrogen) atoms. The predicted molar refractivity (Wildman–Crippen MR) is 70.1 cm³/mol. The van der Waals surface area contributed by atoms with Crippen molar-refractivity contribution < 1.29 is 0 Å². The minimum absolute atomic E-state index is 1.08. The van der Waals surface area contributed by atoms with Gasteiger partial charge in [-0.05, 0) is 39.0 Å². The summed E-state index contributed by atoms with van der Waals surface area (Å²) in [5, 5.41) is 1.08. The van der Waals surface area contributed by atoms with Crippen molar-refractivity contribution in [3.05, 3.63) is 23.3 Å². The highest BCUT2D eigenvalue weighted by molar-refractivity contribution is 9.09. The van der Waals surface area contributed by atoms with Crippen molar-refractivity contribution in [3.63, 3.8) is 0 Å². The van der Waals surface area contributed by atoms with Gasteiger partial charge in [0.25, 0.3) is 0 Å². The average molecular weight is 259 g/mol. The lowest BCUT2D eigenvalue weighted by molar-refractivity contribution is 0.885. The monoisotopic (exact) mass is 258 g/mol. The molecule has 0 aromatic heterocycles. The maximum Gasteiger partial charge on any atom is 0.00660 e. The van der Waals surface area contributed by atoms with Crippen molar-refractivity contribution in [2.24, 2.45) is 0 Å². The molecule has 0 nitrogen and oxygen atoms in total. The maximum atomic E-state index is 3.45. The highest BCUT2D eigenvalue weighted by Gasteiger charge is 1.93. The molecule has 1 heteroatoms. The first-order valence-corrected chi connectivity index (χ1v) is 6.76. The van der Waals surface area contributed by atoms with Crippen molar-refractivity contribution in [1.82, 2.24) is 0 Å². The number of allylic oxidation sites excluding steroid dienone is 4. The van der Waals surface area contributed by atoms with Gasteiger partial charge in [0.1, 0.15) is 0 Å². The molecule has 0 rings (SSSR count). The van der Waals surface area contributed by atoms with Gasteiger partial charge in [-0.2, -0.15) is 0 Å². The molecule has 0 aliphatic rings. The molecule has 0 bridgehead atoms. The van der Waals surface area contributed by atoms with Crippen LogP contribution in [0.4, 0.5) is 0 Å². The second-order valence-corrected chi connectivity index (χ2v) is 4.43. The van der Waals surface area contributed by atoms with E-state index in [0.717, 1.165) is 5.33 Å². The lowest BCUT2D eigenvalue weighted by atomic mass is 10.0. The summed E-state index contributed by atoms with van der Waals surface area (Å²) in [4.78, 5) is 0. The number of hydrogen-bond acceptors (Lipinski definition) is 0. The second-order valence-electron chi connectivity index (χ2n) is 3.64. The van der Waals surface area contributed by atoms with Crippen LogP contribution >= 0.6 is 15.9 Å². The van der Waals surface area contributed by atoms with Crippen LogP contribution in [0.5, 0.6) is 0 Å².